The van der Waals surface area contributed by atoms with Crippen LogP contribution in [-0.4, -0.2) is 76.7 Å². The highest BCUT2D eigenvalue weighted by Gasteiger charge is 2.73. The van der Waals surface area contributed by atoms with Crippen LogP contribution in [0.15, 0.2) is 36.4 Å². The molecule has 1 saturated carbocycles. The van der Waals surface area contributed by atoms with Gasteiger partial charge in [0.1, 0.15) is 17.9 Å². The van der Waals surface area contributed by atoms with E-state index in [0.717, 1.165) is 36.9 Å². The Labute approximate surface area is 204 Å². The van der Waals surface area contributed by atoms with E-state index >= 15 is 0 Å². The lowest BCUT2D eigenvalue weighted by Gasteiger charge is -2.65. The van der Waals surface area contributed by atoms with Crippen LogP contribution in [0, 0.1) is 0 Å². The number of ether oxygens (including phenoxy) is 2. The Kier molecular flexibility index (Phi) is 5.08. The molecular formula is C27H32N2O6. The second-order valence-corrected chi connectivity index (χ2v) is 10.6. The topological polar surface area (TPSA) is 111 Å². The summed E-state index contributed by atoms with van der Waals surface area (Å²) in [6, 6.07) is 9.50. The first-order valence-electron chi connectivity index (χ1n) is 12.3. The van der Waals surface area contributed by atoms with E-state index in [-0.39, 0.29) is 36.1 Å². The van der Waals surface area contributed by atoms with Crippen LogP contribution >= 0.6 is 0 Å². The SMILES string of the molecule is CO[C@@]12CC[C@H](N[C@@H](Cc3ccc(O)cc3)C(=O)O)[C@@H]3Oc4c(O)ccc5c4[C@@]31CCN(C)C2C5. The Bertz CT molecular complexity index is 1170. The van der Waals surface area contributed by atoms with Crippen molar-refractivity contribution in [2.24, 2.45) is 0 Å². The number of likely N-dealkylation sites (tertiary alicyclic amines) is 1. The van der Waals surface area contributed by atoms with Gasteiger partial charge in [0.2, 0.25) is 0 Å². The van der Waals surface area contributed by atoms with Crippen molar-refractivity contribution in [2.45, 2.75) is 67.3 Å². The molecule has 2 aliphatic carbocycles. The third kappa shape index (κ3) is 3.00. The van der Waals surface area contributed by atoms with Gasteiger partial charge in [-0.25, -0.2) is 0 Å². The number of aliphatic carboxylic acids is 1. The fourth-order valence-corrected chi connectivity index (χ4v) is 7.65. The molecule has 1 unspecified atom stereocenters. The molecule has 8 nitrogen and oxygen atoms in total. The molecule has 4 N–H and O–H groups in total. The van der Waals surface area contributed by atoms with Crippen molar-refractivity contribution in [3.63, 3.8) is 0 Å². The number of benzene rings is 2. The summed E-state index contributed by atoms with van der Waals surface area (Å²) in [5, 5.41) is 33.9. The van der Waals surface area contributed by atoms with Gasteiger partial charge in [-0.05, 0) is 75.0 Å². The molecule has 0 aromatic heterocycles. The monoisotopic (exact) mass is 480 g/mol. The molecule has 2 aromatic carbocycles. The van der Waals surface area contributed by atoms with Gasteiger partial charge < -0.3 is 29.7 Å². The second-order valence-electron chi connectivity index (χ2n) is 10.6. The lowest BCUT2D eigenvalue weighted by molar-refractivity contribution is -0.204. The number of phenols is 2. The molecule has 8 heteroatoms. The first kappa shape index (κ1) is 22.6. The van der Waals surface area contributed by atoms with Crippen molar-refractivity contribution >= 4 is 5.97 Å². The summed E-state index contributed by atoms with van der Waals surface area (Å²) in [6.07, 6.45) is 3.06. The van der Waals surface area contributed by atoms with Crippen molar-refractivity contribution in [2.75, 3.05) is 20.7 Å². The number of carboxylic acids is 1. The molecule has 2 bridgehead atoms. The Hall–Kier alpha value is -2.81. The first-order chi connectivity index (χ1) is 16.8. The maximum Gasteiger partial charge on any atom is 0.321 e. The molecule has 0 radical (unpaired) electrons. The van der Waals surface area contributed by atoms with Gasteiger partial charge in [0.05, 0.1) is 11.0 Å². The quantitative estimate of drug-likeness (QED) is 0.498. The van der Waals surface area contributed by atoms with E-state index in [1.165, 1.54) is 5.56 Å². The minimum atomic E-state index is -0.928. The smallest absolute Gasteiger partial charge is 0.321 e. The summed E-state index contributed by atoms with van der Waals surface area (Å²) < 4.78 is 13.0. The van der Waals surface area contributed by atoms with Crippen LogP contribution < -0.4 is 10.1 Å². The van der Waals surface area contributed by atoms with E-state index in [1.807, 2.05) is 6.07 Å². The maximum atomic E-state index is 12.3. The van der Waals surface area contributed by atoms with Crippen LogP contribution in [0.4, 0.5) is 0 Å². The number of phenolic OH excluding ortho intramolecular Hbond substituents is 2. The van der Waals surface area contributed by atoms with Crippen molar-refractivity contribution in [1.29, 1.82) is 0 Å². The third-order valence-corrected chi connectivity index (χ3v) is 9.14. The number of nitrogens with one attached hydrogen (secondary N) is 1. The zero-order valence-corrected chi connectivity index (χ0v) is 20.0. The average Bonchev–Trinajstić information content (AvgIpc) is 3.20. The van der Waals surface area contributed by atoms with Crippen molar-refractivity contribution in [3.05, 3.63) is 53.1 Å². The number of carboxylic acid groups (broad SMARTS) is 1. The average molecular weight is 481 g/mol. The van der Waals surface area contributed by atoms with Gasteiger partial charge in [-0.3, -0.25) is 10.1 Å². The number of carbonyl (C=O) groups is 1. The van der Waals surface area contributed by atoms with Crippen LogP contribution in [-0.2, 0) is 27.8 Å². The number of rotatable bonds is 6. The Morgan fingerprint density at radius 2 is 2.00 bits per heavy atom. The number of nitrogens with zero attached hydrogens (tertiary/aromatic N) is 1. The summed E-state index contributed by atoms with van der Waals surface area (Å²) in [7, 11) is 3.94. The molecule has 0 amide bonds. The number of piperidine rings is 1. The van der Waals surface area contributed by atoms with E-state index in [9.17, 15) is 20.1 Å². The summed E-state index contributed by atoms with van der Waals surface area (Å²) in [5.41, 5.74) is 2.15. The summed E-state index contributed by atoms with van der Waals surface area (Å²) in [6.45, 7) is 0.882. The molecular weight excluding hydrogens is 448 g/mol. The lowest BCUT2D eigenvalue weighted by Crippen LogP contribution is -2.78. The number of methoxy groups -OCH3 is 1. The highest BCUT2D eigenvalue weighted by Crippen LogP contribution is 2.66. The lowest BCUT2D eigenvalue weighted by atomic mass is 9.48. The van der Waals surface area contributed by atoms with Gasteiger partial charge >= 0.3 is 5.97 Å². The molecule has 6 rings (SSSR count). The summed E-state index contributed by atoms with van der Waals surface area (Å²) in [4.78, 5) is 14.7. The van der Waals surface area contributed by atoms with Gasteiger partial charge in [0.25, 0.3) is 0 Å². The molecule has 1 saturated heterocycles. The van der Waals surface area contributed by atoms with E-state index < -0.39 is 23.0 Å². The maximum absolute atomic E-state index is 12.3. The summed E-state index contributed by atoms with van der Waals surface area (Å²) in [5.74, 6) is -0.107. The largest absolute Gasteiger partial charge is 0.508 e. The number of hydrogen-bond acceptors (Lipinski definition) is 7. The Balaban J connectivity index is 1.40. The van der Waals surface area contributed by atoms with Gasteiger partial charge in [-0.15, -0.1) is 0 Å². The van der Waals surface area contributed by atoms with Gasteiger partial charge in [-0.1, -0.05) is 18.2 Å². The van der Waals surface area contributed by atoms with Gasteiger partial charge in [0, 0.05) is 24.8 Å². The second kappa shape index (κ2) is 7.85. The fourth-order valence-electron chi connectivity index (χ4n) is 7.65. The fraction of sp³-hybridized carbons (Fsp3) is 0.519. The van der Waals surface area contributed by atoms with Crippen LogP contribution in [0.3, 0.4) is 0 Å². The van der Waals surface area contributed by atoms with Crippen molar-refractivity contribution in [3.8, 4) is 17.2 Å². The molecule has 2 aliphatic heterocycles. The van der Waals surface area contributed by atoms with Crippen molar-refractivity contribution < 1.29 is 29.6 Å². The predicted molar refractivity (Wildman–Crippen MR) is 128 cm³/mol. The zero-order valence-electron chi connectivity index (χ0n) is 20.0. The molecule has 2 fully saturated rings. The molecule has 35 heavy (non-hydrogen) atoms. The number of hydrogen-bond donors (Lipinski definition) is 4. The number of aromatic hydroxyl groups is 2. The predicted octanol–water partition coefficient (Wildman–Crippen LogP) is 2.19. The first-order valence-corrected chi connectivity index (χ1v) is 12.3. The van der Waals surface area contributed by atoms with Gasteiger partial charge in [-0.2, -0.15) is 0 Å². The van der Waals surface area contributed by atoms with E-state index in [4.69, 9.17) is 9.47 Å². The minimum absolute atomic E-state index is 0.132. The molecule has 2 aromatic rings. The van der Waals surface area contributed by atoms with Crippen LogP contribution in [0.25, 0.3) is 0 Å². The number of likely N-dealkylation sites (N-methyl/N-ethyl adjacent to an activating group) is 1. The molecule has 4 aliphatic rings. The van der Waals surface area contributed by atoms with E-state index in [2.05, 4.69) is 17.3 Å². The molecule has 186 valence electrons. The van der Waals surface area contributed by atoms with Crippen LogP contribution in [0.5, 0.6) is 17.2 Å². The molecule has 6 atom stereocenters. The Morgan fingerprint density at radius 1 is 1.23 bits per heavy atom. The van der Waals surface area contributed by atoms with Crippen molar-refractivity contribution in [1.82, 2.24) is 10.2 Å². The normalized spacial score (nSPS) is 33.6. The highest BCUT2D eigenvalue weighted by molar-refractivity contribution is 5.74. The summed E-state index contributed by atoms with van der Waals surface area (Å²) >= 11 is 0. The van der Waals surface area contributed by atoms with E-state index in [0.29, 0.717) is 12.2 Å². The van der Waals surface area contributed by atoms with Gasteiger partial charge in [0.15, 0.2) is 11.5 Å². The molecule has 2 heterocycles. The van der Waals surface area contributed by atoms with Crippen LogP contribution in [0.2, 0.25) is 0 Å². The van der Waals surface area contributed by atoms with E-state index in [1.54, 1.807) is 37.4 Å². The molecule has 1 spiro atoms. The third-order valence-electron chi connectivity index (χ3n) is 9.14. The zero-order chi connectivity index (χ0) is 24.5. The Morgan fingerprint density at radius 3 is 2.71 bits per heavy atom. The highest BCUT2D eigenvalue weighted by atomic mass is 16.5. The standard InChI is InChI=1S/C27H32N2O6/c1-29-12-11-26-22-16-5-8-20(31)23(22)35-24(26)18(9-10-27(26,34-2)21(29)14-16)28-19(25(32)33)13-15-3-6-17(30)7-4-15/h3-8,18-19,21,24,28,30-31H,9-14H2,1-2H3,(H,32,33)/t18-,19-,21?,24-,26-,27+/m0/s1. The minimum Gasteiger partial charge on any atom is -0.508 e. The van der Waals surface area contributed by atoms with Crippen LogP contribution in [0.1, 0.15) is 36.0 Å².